The Morgan fingerprint density at radius 3 is 2.74 bits per heavy atom. The Labute approximate surface area is 117 Å². The molecule has 2 N–H and O–H groups in total. The molecule has 19 heavy (non-hydrogen) atoms. The Morgan fingerprint density at radius 1 is 1.32 bits per heavy atom. The third kappa shape index (κ3) is 3.31. The third-order valence-corrected chi connectivity index (χ3v) is 5.20. The van der Waals surface area contributed by atoms with Crippen LogP contribution in [0.1, 0.15) is 65.2 Å². The van der Waals surface area contributed by atoms with Gasteiger partial charge in [-0.15, -0.1) is 0 Å². The summed E-state index contributed by atoms with van der Waals surface area (Å²) in [6, 6.07) is 0.431. The van der Waals surface area contributed by atoms with Crippen LogP contribution >= 0.6 is 0 Å². The van der Waals surface area contributed by atoms with Gasteiger partial charge in [0.1, 0.15) is 0 Å². The predicted molar refractivity (Wildman–Crippen MR) is 79.0 cm³/mol. The van der Waals surface area contributed by atoms with Crippen molar-refractivity contribution in [3.8, 4) is 0 Å². The first kappa shape index (κ1) is 14.8. The number of carbonyl (C=O) groups excluding carboxylic acids is 1. The van der Waals surface area contributed by atoms with Gasteiger partial charge in [0, 0.05) is 12.6 Å². The fraction of sp³-hybridized carbons (Fsp3) is 0.938. The van der Waals surface area contributed by atoms with E-state index in [0.29, 0.717) is 17.9 Å². The molecule has 0 bridgehead atoms. The molecule has 1 heterocycles. The lowest BCUT2D eigenvalue weighted by molar-refractivity contribution is -0.132. The fourth-order valence-electron chi connectivity index (χ4n) is 3.95. The number of hydrogen-bond donors (Lipinski definition) is 2. The van der Waals surface area contributed by atoms with Crippen molar-refractivity contribution in [2.75, 3.05) is 13.1 Å². The van der Waals surface area contributed by atoms with Gasteiger partial charge in [0.15, 0.2) is 0 Å². The van der Waals surface area contributed by atoms with Gasteiger partial charge in [0.2, 0.25) is 5.91 Å². The van der Waals surface area contributed by atoms with Crippen molar-refractivity contribution in [3.05, 3.63) is 0 Å². The Hall–Kier alpha value is -0.570. The summed E-state index contributed by atoms with van der Waals surface area (Å²) < 4.78 is 0. The van der Waals surface area contributed by atoms with E-state index in [4.69, 9.17) is 0 Å². The van der Waals surface area contributed by atoms with Crippen molar-refractivity contribution in [1.82, 2.24) is 10.6 Å². The van der Waals surface area contributed by atoms with Crippen LogP contribution < -0.4 is 10.6 Å². The summed E-state index contributed by atoms with van der Waals surface area (Å²) in [4.78, 5) is 12.7. The Kier molecular flexibility index (Phi) is 5.26. The molecule has 1 saturated heterocycles. The van der Waals surface area contributed by atoms with Crippen molar-refractivity contribution >= 4 is 5.91 Å². The van der Waals surface area contributed by atoms with E-state index in [0.717, 1.165) is 32.4 Å². The number of amides is 1. The van der Waals surface area contributed by atoms with Gasteiger partial charge in [-0.25, -0.2) is 0 Å². The summed E-state index contributed by atoms with van der Waals surface area (Å²) >= 11 is 0. The molecule has 1 aliphatic heterocycles. The molecule has 3 nitrogen and oxygen atoms in total. The molecule has 3 heteroatoms. The van der Waals surface area contributed by atoms with Crippen LogP contribution in [0.4, 0.5) is 0 Å². The van der Waals surface area contributed by atoms with Gasteiger partial charge >= 0.3 is 0 Å². The van der Waals surface area contributed by atoms with Crippen LogP contribution in [0, 0.1) is 11.3 Å². The molecule has 1 aliphatic carbocycles. The molecular formula is C16H30N2O. The molecule has 0 aromatic carbocycles. The highest BCUT2D eigenvalue weighted by Gasteiger charge is 2.41. The van der Waals surface area contributed by atoms with Crippen LogP contribution in [0.15, 0.2) is 0 Å². The average molecular weight is 266 g/mol. The van der Waals surface area contributed by atoms with Gasteiger partial charge in [0.25, 0.3) is 0 Å². The van der Waals surface area contributed by atoms with E-state index in [-0.39, 0.29) is 5.41 Å². The van der Waals surface area contributed by atoms with Crippen LogP contribution in [-0.4, -0.2) is 25.0 Å². The summed E-state index contributed by atoms with van der Waals surface area (Å²) in [5.74, 6) is 1.02. The van der Waals surface area contributed by atoms with Gasteiger partial charge in [0.05, 0.1) is 5.41 Å². The molecule has 2 aliphatic rings. The maximum absolute atomic E-state index is 12.7. The highest BCUT2D eigenvalue weighted by molar-refractivity contribution is 5.83. The number of carbonyl (C=O) groups is 1. The summed E-state index contributed by atoms with van der Waals surface area (Å²) in [7, 11) is 0. The molecule has 110 valence electrons. The lowest BCUT2D eigenvalue weighted by atomic mass is 9.79. The van der Waals surface area contributed by atoms with Gasteiger partial charge in [-0.05, 0) is 38.1 Å². The van der Waals surface area contributed by atoms with E-state index in [2.05, 4.69) is 24.5 Å². The zero-order chi connectivity index (χ0) is 13.7. The zero-order valence-electron chi connectivity index (χ0n) is 12.6. The molecule has 3 unspecified atom stereocenters. The topological polar surface area (TPSA) is 41.1 Å². The standard InChI is InChI=1S/C16H30N2O/c1-3-9-16(10-11-17-12-16)15(19)18-14-8-6-5-7-13(14)4-2/h13-14,17H,3-12H2,1-2H3,(H,18,19). The molecule has 1 saturated carbocycles. The van der Waals surface area contributed by atoms with E-state index in [1.54, 1.807) is 0 Å². The molecule has 0 spiro atoms. The normalized spacial score (nSPS) is 35.3. The fourth-order valence-corrected chi connectivity index (χ4v) is 3.95. The molecule has 2 fully saturated rings. The van der Waals surface area contributed by atoms with Crippen molar-refractivity contribution in [3.63, 3.8) is 0 Å². The SMILES string of the molecule is CCCC1(C(=O)NC2CCCCC2CC)CCNC1. The minimum absolute atomic E-state index is 0.121. The van der Waals surface area contributed by atoms with Crippen LogP contribution in [0.3, 0.4) is 0 Å². The van der Waals surface area contributed by atoms with E-state index in [1.165, 1.54) is 32.1 Å². The van der Waals surface area contributed by atoms with E-state index in [1.807, 2.05) is 0 Å². The van der Waals surface area contributed by atoms with E-state index < -0.39 is 0 Å². The quantitative estimate of drug-likeness (QED) is 0.803. The molecule has 0 aromatic heterocycles. The van der Waals surface area contributed by atoms with Gasteiger partial charge in [-0.2, -0.15) is 0 Å². The van der Waals surface area contributed by atoms with Crippen LogP contribution in [0.2, 0.25) is 0 Å². The maximum Gasteiger partial charge on any atom is 0.227 e. The predicted octanol–water partition coefficient (Wildman–Crippen LogP) is 2.85. The minimum atomic E-state index is -0.121. The van der Waals surface area contributed by atoms with Crippen molar-refractivity contribution in [2.45, 2.75) is 71.3 Å². The number of nitrogens with one attached hydrogen (secondary N) is 2. The van der Waals surface area contributed by atoms with Gasteiger partial charge in [-0.3, -0.25) is 4.79 Å². The highest BCUT2D eigenvalue weighted by Crippen LogP contribution is 2.33. The molecule has 0 aromatic rings. The van der Waals surface area contributed by atoms with Crippen molar-refractivity contribution in [1.29, 1.82) is 0 Å². The molecule has 1 amide bonds. The first-order valence-electron chi connectivity index (χ1n) is 8.23. The van der Waals surface area contributed by atoms with E-state index >= 15 is 0 Å². The summed E-state index contributed by atoms with van der Waals surface area (Å²) in [5, 5.41) is 6.79. The second-order valence-corrected chi connectivity index (χ2v) is 6.49. The van der Waals surface area contributed by atoms with Gasteiger partial charge in [-0.1, -0.05) is 39.5 Å². The Bertz CT molecular complexity index is 297. The maximum atomic E-state index is 12.7. The monoisotopic (exact) mass is 266 g/mol. The van der Waals surface area contributed by atoms with E-state index in [9.17, 15) is 4.79 Å². The highest BCUT2D eigenvalue weighted by atomic mass is 16.2. The molecule has 3 atom stereocenters. The third-order valence-electron chi connectivity index (χ3n) is 5.20. The van der Waals surface area contributed by atoms with Gasteiger partial charge < -0.3 is 10.6 Å². The Balaban J connectivity index is 1.98. The summed E-state index contributed by atoms with van der Waals surface area (Å²) in [6.07, 6.45) is 9.42. The largest absolute Gasteiger partial charge is 0.353 e. The Morgan fingerprint density at radius 2 is 2.11 bits per heavy atom. The van der Waals surface area contributed by atoms with Crippen LogP contribution in [0.25, 0.3) is 0 Å². The summed E-state index contributed by atoms with van der Waals surface area (Å²) in [6.45, 7) is 6.31. The number of hydrogen-bond acceptors (Lipinski definition) is 2. The second-order valence-electron chi connectivity index (χ2n) is 6.49. The van der Waals surface area contributed by atoms with Crippen LogP contribution in [0.5, 0.6) is 0 Å². The van der Waals surface area contributed by atoms with Crippen molar-refractivity contribution < 1.29 is 4.79 Å². The lowest BCUT2D eigenvalue weighted by Crippen LogP contribution is -2.49. The lowest BCUT2D eigenvalue weighted by Gasteiger charge is -2.35. The average Bonchev–Trinajstić information content (AvgIpc) is 2.90. The van der Waals surface area contributed by atoms with Crippen LogP contribution in [-0.2, 0) is 4.79 Å². The smallest absolute Gasteiger partial charge is 0.227 e. The molecular weight excluding hydrogens is 236 g/mol. The first-order chi connectivity index (χ1) is 9.22. The molecule has 2 rings (SSSR count). The first-order valence-corrected chi connectivity index (χ1v) is 8.23. The summed E-state index contributed by atoms with van der Waals surface area (Å²) in [5.41, 5.74) is -0.121. The minimum Gasteiger partial charge on any atom is -0.353 e. The zero-order valence-corrected chi connectivity index (χ0v) is 12.6. The van der Waals surface area contributed by atoms with Crippen molar-refractivity contribution in [2.24, 2.45) is 11.3 Å². The second kappa shape index (κ2) is 6.74. The number of rotatable bonds is 5. The molecule has 0 radical (unpaired) electrons.